The molecule has 35 heavy (non-hydrogen) atoms. The number of likely N-dealkylation sites (tertiary alicyclic amines) is 1. The summed E-state index contributed by atoms with van der Waals surface area (Å²) < 4.78 is 48.9. The Morgan fingerprint density at radius 1 is 1.09 bits per heavy atom. The number of alkyl halides is 2. The average Bonchev–Trinajstić information content (AvgIpc) is 3.37. The fourth-order valence-corrected chi connectivity index (χ4v) is 5.16. The number of fused-ring (bicyclic) bond motifs is 5. The van der Waals surface area contributed by atoms with E-state index in [1.54, 1.807) is 11.1 Å². The van der Waals surface area contributed by atoms with Crippen LogP contribution in [-0.4, -0.2) is 62.7 Å². The molecule has 8 nitrogen and oxygen atoms in total. The summed E-state index contributed by atoms with van der Waals surface area (Å²) in [5.41, 5.74) is 4.10. The molecule has 0 spiro atoms. The maximum absolute atomic E-state index is 15.8. The van der Waals surface area contributed by atoms with Gasteiger partial charge in [-0.15, -0.1) is 0 Å². The number of hydrogen-bond acceptors (Lipinski definition) is 6. The van der Waals surface area contributed by atoms with Gasteiger partial charge in [-0.1, -0.05) is 0 Å². The Balaban J connectivity index is 1.36. The minimum Gasteiger partial charge on any atom is -0.417 e. The van der Waals surface area contributed by atoms with Gasteiger partial charge in [0.1, 0.15) is 12.3 Å². The lowest BCUT2D eigenvalue weighted by Crippen LogP contribution is -2.32. The number of pyridine rings is 1. The van der Waals surface area contributed by atoms with E-state index in [1.807, 2.05) is 0 Å². The summed E-state index contributed by atoms with van der Waals surface area (Å²) in [6, 6.07) is 0. The van der Waals surface area contributed by atoms with Crippen molar-refractivity contribution >= 4 is 17.5 Å². The zero-order valence-electron chi connectivity index (χ0n) is 18.4. The van der Waals surface area contributed by atoms with Crippen LogP contribution in [0.4, 0.5) is 13.2 Å². The van der Waals surface area contributed by atoms with E-state index in [-0.39, 0.29) is 42.6 Å². The minimum absolute atomic E-state index is 0.0461. The Morgan fingerprint density at radius 3 is 2.69 bits per heavy atom. The molecule has 3 aliphatic rings. The molecular weight excluding hydrogens is 485 g/mol. The lowest BCUT2D eigenvalue weighted by atomic mass is 9.88. The van der Waals surface area contributed by atoms with Crippen LogP contribution in [0.2, 0.25) is 5.28 Å². The Hall–Kier alpha value is -3.18. The Kier molecular flexibility index (Phi) is 5.41. The van der Waals surface area contributed by atoms with Crippen LogP contribution in [0.5, 0.6) is 11.8 Å². The molecule has 0 unspecified atom stereocenters. The molecule has 2 aliphatic heterocycles. The van der Waals surface area contributed by atoms with Gasteiger partial charge in [-0.05, 0) is 35.6 Å². The van der Waals surface area contributed by atoms with Crippen molar-refractivity contribution in [2.75, 3.05) is 19.6 Å². The topological polar surface area (TPSA) is 96.0 Å². The van der Waals surface area contributed by atoms with Gasteiger partial charge < -0.3 is 15.0 Å². The zero-order chi connectivity index (χ0) is 24.3. The number of nitrogens with zero attached hydrogens (tertiary/aromatic N) is 4. The predicted octanol–water partition coefficient (Wildman–Crippen LogP) is 3.33. The second-order valence-corrected chi connectivity index (χ2v) is 9.25. The van der Waals surface area contributed by atoms with Gasteiger partial charge in [0, 0.05) is 61.8 Å². The molecule has 0 saturated carbocycles. The van der Waals surface area contributed by atoms with Crippen molar-refractivity contribution in [2.45, 2.75) is 38.2 Å². The van der Waals surface area contributed by atoms with E-state index in [1.165, 1.54) is 6.20 Å². The first-order chi connectivity index (χ1) is 16.9. The van der Waals surface area contributed by atoms with Crippen molar-refractivity contribution in [1.82, 2.24) is 30.2 Å². The third kappa shape index (κ3) is 3.82. The van der Waals surface area contributed by atoms with Crippen LogP contribution in [0.25, 0.3) is 11.3 Å². The summed E-state index contributed by atoms with van der Waals surface area (Å²) >= 11 is 5.95. The summed E-state index contributed by atoms with van der Waals surface area (Å²) in [5.74, 6) is -1.23. The third-order valence-corrected chi connectivity index (χ3v) is 6.85. The SMILES string of the molecule is O=C1NCCc2[nH]c3c(c21)CCc1cnc(Oc2nc(Cl)ncc2CN2C[C@@H](F)[C@H](F)C2)c(F)c1-3. The standard InChI is InChI=1S/C23H20ClF3N6O2/c24-23-30-6-11(7-33-8-13(25)14(26)9-33)21(32-23)35-22-18(27)16-10(5-29-22)1-2-12-17-15(31-19(12)16)3-4-28-20(17)34/h5-6,13-14,31H,1-4,7-9H2,(H,28,34)/t13-,14-/m1/s1. The van der Waals surface area contributed by atoms with Crippen molar-refractivity contribution < 1.29 is 22.7 Å². The average molecular weight is 505 g/mol. The van der Waals surface area contributed by atoms with E-state index >= 15 is 4.39 Å². The zero-order valence-corrected chi connectivity index (χ0v) is 19.1. The Labute approximate surface area is 202 Å². The molecule has 0 bridgehead atoms. The van der Waals surface area contributed by atoms with E-state index in [2.05, 4.69) is 25.3 Å². The first-order valence-corrected chi connectivity index (χ1v) is 11.7. The molecule has 1 fully saturated rings. The fraction of sp³-hybridized carbons (Fsp3) is 0.391. The lowest BCUT2D eigenvalue weighted by molar-refractivity contribution is 0.0945. The first kappa shape index (κ1) is 22.3. The van der Waals surface area contributed by atoms with Crippen molar-refractivity contribution in [3.63, 3.8) is 0 Å². The molecule has 12 heteroatoms. The highest BCUT2D eigenvalue weighted by molar-refractivity contribution is 6.28. The van der Waals surface area contributed by atoms with E-state index in [0.29, 0.717) is 53.8 Å². The van der Waals surface area contributed by atoms with E-state index in [4.69, 9.17) is 16.3 Å². The molecule has 2 N–H and O–H groups in total. The van der Waals surface area contributed by atoms with Gasteiger partial charge in [0.05, 0.1) is 11.3 Å². The maximum Gasteiger partial charge on any atom is 0.258 e. The quantitative estimate of drug-likeness (QED) is 0.529. The molecule has 3 aromatic heterocycles. The summed E-state index contributed by atoms with van der Waals surface area (Å²) in [6.45, 7) is 0.458. The molecule has 2 atom stereocenters. The molecule has 0 aromatic carbocycles. The molecule has 182 valence electrons. The van der Waals surface area contributed by atoms with Crippen molar-refractivity contribution in [3.05, 3.63) is 51.4 Å². The predicted molar refractivity (Wildman–Crippen MR) is 120 cm³/mol. The molecule has 3 aromatic rings. The van der Waals surface area contributed by atoms with Gasteiger partial charge in [0.15, 0.2) is 5.82 Å². The van der Waals surface area contributed by atoms with E-state index in [9.17, 15) is 13.6 Å². The monoisotopic (exact) mass is 504 g/mol. The maximum atomic E-state index is 15.8. The molecule has 5 heterocycles. The number of carbonyl (C=O) groups is 1. The number of carbonyl (C=O) groups excluding carboxylic acids is 1. The molecule has 1 aliphatic carbocycles. The largest absolute Gasteiger partial charge is 0.417 e. The number of hydrogen-bond donors (Lipinski definition) is 2. The summed E-state index contributed by atoms with van der Waals surface area (Å²) in [4.78, 5) is 29.4. The highest BCUT2D eigenvalue weighted by Gasteiger charge is 2.34. The summed E-state index contributed by atoms with van der Waals surface area (Å²) in [5, 5.41) is 2.71. The first-order valence-electron chi connectivity index (χ1n) is 11.3. The molecular formula is C23H20ClF3N6O2. The van der Waals surface area contributed by atoms with Gasteiger partial charge in [-0.25, -0.2) is 23.1 Å². The van der Waals surface area contributed by atoms with Crippen molar-refractivity contribution in [2.24, 2.45) is 0 Å². The number of aryl methyl sites for hydroxylation is 1. The Bertz CT molecular complexity index is 1340. The van der Waals surface area contributed by atoms with Crippen molar-refractivity contribution in [1.29, 1.82) is 0 Å². The van der Waals surface area contributed by atoms with Crippen LogP contribution in [-0.2, 0) is 25.8 Å². The van der Waals surface area contributed by atoms with Crippen LogP contribution < -0.4 is 10.1 Å². The van der Waals surface area contributed by atoms with Crippen LogP contribution >= 0.6 is 11.6 Å². The van der Waals surface area contributed by atoms with Gasteiger partial charge in [-0.3, -0.25) is 9.69 Å². The number of aromatic nitrogens is 4. The number of halogens is 4. The minimum atomic E-state index is -1.57. The fourth-order valence-electron chi connectivity index (χ4n) is 5.03. The number of rotatable bonds is 4. The highest BCUT2D eigenvalue weighted by atomic mass is 35.5. The van der Waals surface area contributed by atoms with Crippen LogP contribution in [0.15, 0.2) is 12.4 Å². The second kappa shape index (κ2) is 8.49. The molecule has 0 radical (unpaired) electrons. The number of H-pyrrole nitrogens is 1. The molecule has 6 rings (SSSR count). The van der Waals surface area contributed by atoms with Crippen LogP contribution in [0, 0.1) is 5.82 Å². The number of nitrogens with one attached hydrogen (secondary N) is 2. The van der Waals surface area contributed by atoms with Gasteiger partial charge in [0.25, 0.3) is 11.8 Å². The molecule has 1 amide bonds. The number of aromatic amines is 1. The normalized spacial score (nSPS) is 21.3. The summed E-state index contributed by atoms with van der Waals surface area (Å²) in [7, 11) is 0. The van der Waals surface area contributed by atoms with Gasteiger partial charge in [0.2, 0.25) is 11.2 Å². The lowest BCUT2D eigenvalue weighted by Gasteiger charge is -2.20. The summed E-state index contributed by atoms with van der Waals surface area (Å²) in [6.07, 6.45) is 1.54. The van der Waals surface area contributed by atoms with E-state index < -0.39 is 18.2 Å². The Morgan fingerprint density at radius 2 is 1.89 bits per heavy atom. The molecule has 1 saturated heterocycles. The van der Waals surface area contributed by atoms with Crippen LogP contribution in [0.1, 0.15) is 32.7 Å². The van der Waals surface area contributed by atoms with Gasteiger partial charge >= 0.3 is 0 Å². The third-order valence-electron chi connectivity index (χ3n) is 6.67. The second-order valence-electron chi connectivity index (χ2n) is 8.91. The number of amides is 1. The van der Waals surface area contributed by atoms with Crippen molar-refractivity contribution in [3.8, 4) is 23.0 Å². The van der Waals surface area contributed by atoms with E-state index in [0.717, 1.165) is 11.3 Å². The number of ether oxygens (including phenoxy) is 1. The van der Waals surface area contributed by atoms with Gasteiger partial charge in [-0.2, -0.15) is 4.98 Å². The van der Waals surface area contributed by atoms with Crippen LogP contribution in [0.3, 0.4) is 0 Å². The smallest absolute Gasteiger partial charge is 0.258 e. The highest BCUT2D eigenvalue weighted by Crippen LogP contribution is 2.41.